The number of hydrogen-bond donors (Lipinski definition) is 0. The monoisotopic (exact) mass is 352 g/mol. The van der Waals surface area contributed by atoms with Crippen molar-refractivity contribution in [3.05, 3.63) is 113 Å². The van der Waals surface area contributed by atoms with Gasteiger partial charge in [0, 0.05) is 11.5 Å². The van der Waals surface area contributed by atoms with E-state index < -0.39 is 0 Å². The number of ketones is 1. The zero-order chi connectivity index (χ0) is 18.8. The van der Waals surface area contributed by atoms with E-state index in [4.69, 9.17) is 0 Å². The summed E-state index contributed by atoms with van der Waals surface area (Å²) in [5, 5.41) is 0. The second-order valence-electron chi connectivity index (χ2n) is 7.49. The first-order chi connectivity index (χ1) is 13.1. The molecule has 0 N–H and O–H groups in total. The van der Waals surface area contributed by atoms with Gasteiger partial charge in [0.05, 0.1) is 5.92 Å². The van der Waals surface area contributed by atoms with Crippen molar-refractivity contribution in [1.29, 1.82) is 0 Å². The lowest BCUT2D eigenvalue weighted by Crippen LogP contribution is -2.20. The summed E-state index contributed by atoms with van der Waals surface area (Å²) in [4.78, 5) is 13.6. The summed E-state index contributed by atoms with van der Waals surface area (Å²) in [7, 11) is 0. The zero-order valence-electron chi connectivity index (χ0n) is 15.9. The highest BCUT2D eigenvalue weighted by Gasteiger charge is 2.37. The molecule has 0 saturated carbocycles. The molecule has 134 valence electrons. The number of carbonyl (C=O) groups is 1. The predicted molar refractivity (Wildman–Crippen MR) is 112 cm³/mol. The Hall–Kier alpha value is -2.93. The molecule has 0 aromatic heterocycles. The maximum absolute atomic E-state index is 13.6. The first kappa shape index (κ1) is 17.5. The van der Waals surface area contributed by atoms with Crippen LogP contribution in [0.25, 0.3) is 5.57 Å². The van der Waals surface area contributed by atoms with E-state index in [2.05, 4.69) is 61.5 Å². The number of aryl methyl sites for hydroxylation is 2. The Morgan fingerprint density at radius 2 is 1.37 bits per heavy atom. The SMILES string of the molecule is Cc1ccc(C(=O)[C@H]2C(c3ccc(C)cc3)=CC[C@@H]2c2ccccc2)cc1. The summed E-state index contributed by atoms with van der Waals surface area (Å²) >= 11 is 0. The van der Waals surface area contributed by atoms with Gasteiger partial charge in [0.15, 0.2) is 5.78 Å². The zero-order valence-corrected chi connectivity index (χ0v) is 15.9. The molecule has 27 heavy (non-hydrogen) atoms. The maximum Gasteiger partial charge on any atom is 0.170 e. The maximum atomic E-state index is 13.6. The fourth-order valence-corrected chi connectivity index (χ4v) is 4.03. The average Bonchev–Trinajstić information content (AvgIpc) is 3.14. The molecule has 1 aliphatic carbocycles. The second kappa shape index (κ2) is 7.36. The minimum Gasteiger partial charge on any atom is -0.293 e. The lowest BCUT2D eigenvalue weighted by molar-refractivity contribution is 0.0939. The topological polar surface area (TPSA) is 17.1 Å². The largest absolute Gasteiger partial charge is 0.293 e. The van der Waals surface area contributed by atoms with E-state index in [0.717, 1.165) is 23.1 Å². The first-order valence-corrected chi connectivity index (χ1v) is 9.56. The molecule has 0 bridgehead atoms. The number of allylic oxidation sites excluding steroid dienone is 2. The number of hydrogen-bond acceptors (Lipinski definition) is 1. The minimum absolute atomic E-state index is 0.141. The molecule has 4 rings (SSSR count). The number of carbonyl (C=O) groups excluding carboxylic acids is 1. The van der Waals surface area contributed by atoms with E-state index in [1.807, 2.05) is 37.3 Å². The van der Waals surface area contributed by atoms with Crippen molar-refractivity contribution >= 4 is 11.4 Å². The van der Waals surface area contributed by atoms with Gasteiger partial charge in [-0.15, -0.1) is 0 Å². The Bertz CT molecular complexity index is 963. The molecule has 0 spiro atoms. The van der Waals surface area contributed by atoms with Crippen molar-refractivity contribution in [2.75, 3.05) is 0 Å². The van der Waals surface area contributed by atoms with Crippen molar-refractivity contribution in [3.63, 3.8) is 0 Å². The number of rotatable bonds is 4. The Morgan fingerprint density at radius 1 is 0.778 bits per heavy atom. The predicted octanol–water partition coefficient (Wildman–Crippen LogP) is 6.37. The number of benzene rings is 3. The lowest BCUT2D eigenvalue weighted by atomic mass is 9.78. The third-order valence-corrected chi connectivity index (χ3v) is 5.56. The molecule has 0 fully saturated rings. The summed E-state index contributed by atoms with van der Waals surface area (Å²) in [5.41, 5.74) is 6.76. The van der Waals surface area contributed by atoms with Gasteiger partial charge in [-0.2, -0.15) is 0 Å². The molecule has 0 saturated heterocycles. The molecule has 0 aliphatic heterocycles. The second-order valence-corrected chi connectivity index (χ2v) is 7.49. The summed E-state index contributed by atoms with van der Waals surface area (Å²) in [6, 6.07) is 27.0. The van der Waals surface area contributed by atoms with Gasteiger partial charge >= 0.3 is 0 Å². The van der Waals surface area contributed by atoms with Crippen LogP contribution in [-0.2, 0) is 0 Å². The van der Waals surface area contributed by atoms with Crippen LogP contribution in [0, 0.1) is 19.8 Å². The third-order valence-electron chi connectivity index (χ3n) is 5.56. The number of Topliss-reactive ketones (excluding diaryl/α,β-unsaturated/α-hetero) is 1. The normalized spacial score (nSPS) is 19.0. The van der Waals surface area contributed by atoms with E-state index in [9.17, 15) is 4.79 Å². The van der Waals surface area contributed by atoms with Crippen LogP contribution in [0.3, 0.4) is 0 Å². The van der Waals surface area contributed by atoms with Gasteiger partial charge in [0.25, 0.3) is 0 Å². The van der Waals surface area contributed by atoms with E-state index >= 15 is 0 Å². The minimum atomic E-state index is -0.141. The van der Waals surface area contributed by atoms with Crippen LogP contribution in [0.5, 0.6) is 0 Å². The molecule has 0 radical (unpaired) electrons. The Labute approximate surface area is 161 Å². The standard InChI is InChI=1S/C26H24O/c1-18-8-12-21(13-9-18)24-17-16-23(20-6-4-3-5-7-20)25(24)26(27)22-14-10-19(2)11-15-22/h3-15,17,23,25H,16H2,1-2H3/t23-,25-/m1/s1. The molecule has 0 amide bonds. The molecule has 1 heteroatoms. The molecule has 3 aromatic carbocycles. The average molecular weight is 352 g/mol. The third kappa shape index (κ3) is 3.50. The van der Waals surface area contributed by atoms with Gasteiger partial charge in [-0.05, 0) is 37.0 Å². The van der Waals surface area contributed by atoms with E-state index in [-0.39, 0.29) is 17.6 Å². The quantitative estimate of drug-likeness (QED) is 0.498. The summed E-state index contributed by atoms with van der Waals surface area (Å²) in [5.74, 6) is 0.266. The highest BCUT2D eigenvalue weighted by molar-refractivity contribution is 6.06. The fraction of sp³-hybridized carbons (Fsp3) is 0.192. The van der Waals surface area contributed by atoms with Crippen molar-refractivity contribution in [1.82, 2.24) is 0 Å². The first-order valence-electron chi connectivity index (χ1n) is 9.56. The lowest BCUT2D eigenvalue weighted by Gasteiger charge is -2.23. The molecule has 0 heterocycles. The van der Waals surface area contributed by atoms with Gasteiger partial charge in [-0.3, -0.25) is 4.79 Å². The van der Waals surface area contributed by atoms with E-state index in [0.29, 0.717) is 0 Å². The van der Waals surface area contributed by atoms with Gasteiger partial charge in [-0.1, -0.05) is 96.1 Å². The van der Waals surface area contributed by atoms with Crippen LogP contribution >= 0.6 is 0 Å². The Morgan fingerprint density at radius 3 is 2.00 bits per heavy atom. The molecule has 1 nitrogen and oxygen atoms in total. The van der Waals surface area contributed by atoms with Crippen molar-refractivity contribution in [2.45, 2.75) is 26.2 Å². The van der Waals surface area contributed by atoms with E-state index in [1.54, 1.807) is 0 Å². The smallest absolute Gasteiger partial charge is 0.170 e. The summed E-state index contributed by atoms with van der Waals surface area (Å²) in [6.45, 7) is 4.14. The molecule has 3 aromatic rings. The van der Waals surface area contributed by atoms with Crippen molar-refractivity contribution in [2.24, 2.45) is 5.92 Å². The summed E-state index contributed by atoms with van der Waals surface area (Å²) in [6.07, 6.45) is 3.16. The fourth-order valence-electron chi connectivity index (χ4n) is 4.03. The molecule has 1 aliphatic rings. The van der Waals surface area contributed by atoms with Gasteiger partial charge < -0.3 is 0 Å². The van der Waals surface area contributed by atoms with Gasteiger partial charge in [0.2, 0.25) is 0 Å². The highest BCUT2D eigenvalue weighted by atomic mass is 16.1. The van der Waals surface area contributed by atoms with Crippen LogP contribution in [0.4, 0.5) is 0 Å². The van der Waals surface area contributed by atoms with Crippen LogP contribution < -0.4 is 0 Å². The highest BCUT2D eigenvalue weighted by Crippen LogP contribution is 2.45. The molecular formula is C26H24O. The van der Waals surface area contributed by atoms with Gasteiger partial charge in [0.1, 0.15) is 0 Å². The molecule has 2 atom stereocenters. The van der Waals surface area contributed by atoms with E-state index in [1.165, 1.54) is 16.7 Å². The van der Waals surface area contributed by atoms with Crippen LogP contribution in [0.15, 0.2) is 84.9 Å². The van der Waals surface area contributed by atoms with Crippen molar-refractivity contribution < 1.29 is 4.79 Å². The van der Waals surface area contributed by atoms with Crippen LogP contribution in [0.2, 0.25) is 0 Å². The van der Waals surface area contributed by atoms with Crippen LogP contribution in [0.1, 0.15) is 45.0 Å². The van der Waals surface area contributed by atoms with Crippen molar-refractivity contribution in [3.8, 4) is 0 Å². The Balaban J connectivity index is 1.76. The summed E-state index contributed by atoms with van der Waals surface area (Å²) < 4.78 is 0. The molecular weight excluding hydrogens is 328 g/mol. The Kier molecular flexibility index (Phi) is 4.77. The van der Waals surface area contributed by atoms with Crippen LogP contribution in [-0.4, -0.2) is 5.78 Å². The van der Waals surface area contributed by atoms with Gasteiger partial charge in [-0.25, -0.2) is 0 Å². The molecule has 0 unspecified atom stereocenters.